The maximum atomic E-state index is 15.0. The zero-order valence-corrected chi connectivity index (χ0v) is 18.7. The first-order valence-corrected chi connectivity index (χ1v) is 11.1. The minimum atomic E-state index is -0.473. The Morgan fingerprint density at radius 2 is 1.82 bits per heavy atom. The summed E-state index contributed by atoms with van der Waals surface area (Å²) in [5, 5.41) is 13.9. The number of H-pyrrole nitrogens is 2. The van der Waals surface area contributed by atoms with E-state index in [2.05, 4.69) is 32.5 Å². The molecule has 8 heteroatoms. The van der Waals surface area contributed by atoms with Crippen molar-refractivity contribution in [3.63, 3.8) is 0 Å². The van der Waals surface area contributed by atoms with E-state index in [4.69, 9.17) is 4.74 Å². The van der Waals surface area contributed by atoms with E-state index < -0.39 is 11.4 Å². The minimum Gasteiger partial charge on any atom is -0.493 e. The summed E-state index contributed by atoms with van der Waals surface area (Å²) in [5.74, 6) is 0.168. The van der Waals surface area contributed by atoms with E-state index in [0.29, 0.717) is 23.6 Å². The molecule has 0 aliphatic carbocycles. The molecule has 0 saturated carbocycles. The lowest BCUT2D eigenvalue weighted by molar-refractivity contribution is 0.303. The second-order valence-corrected chi connectivity index (χ2v) is 7.95. The van der Waals surface area contributed by atoms with Crippen molar-refractivity contribution in [2.45, 2.75) is 39.5 Å². The average Bonchev–Trinajstić information content (AvgIpc) is 3.33. The van der Waals surface area contributed by atoms with Crippen LogP contribution in [-0.4, -0.2) is 32.2 Å². The lowest BCUT2D eigenvalue weighted by atomic mass is 9.97. The van der Waals surface area contributed by atoms with Crippen molar-refractivity contribution in [3.8, 4) is 39.5 Å². The van der Waals surface area contributed by atoms with Crippen LogP contribution < -0.4 is 10.3 Å². The van der Waals surface area contributed by atoms with Crippen molar-refractivity contribution in [3.05, 3.63) is 70.3 Å². The highest BCUT2D eigenvalue weighted by Crippen LogP contribution is 2.32. The molecular weight excluding hydrogens is 421 g/mol. The second kappa shape index (κ2) is 10.2. The SMILES string of the molecule is CCCCCCOc1ccc(-c2cc(-c3ccc(C)cc3)c(-c3nn[nH]n3)c(=O)[nH]2)c(F)c1. The highest BCUT2D eigenvalue weighted by molar-refractivity contribution is 5.83. The molecule has 2 aromatic carbocycles. The molecule has 7 nitrogen and oxygen atoms in total. The first-order valence-electron chi connectivity index (χ1n) is 11.1. The average molecular weight is 448 g/mol. The summed E-state index contributed by atoms with van der Waals surface area (Å²) in [4.78, 5) is 15.8. The lowest BCUT2D eigenvalue weighted by Crippen LogP contribution is -2.13. The number of benzene rings is 2. The number of aromatic amines is 2. The van der Waals surface area contributed by atoms with Gasteiger partial charge in [0.15, 0.2) is 0 Å². The van der Waals surface area contributed by atoms with Crippen LogP contribution in [0.5, 0.6) is 5.75 Å². The first-order chi connectivity index (χ1) is 16.1. The number of aromatic nitrogens is 5. The molecule has 33 heavy (non-hydrogen) atoms. The van der Waals surface area contributed by atoms with Crippen molar-refractivity contribution in [2.24, 2.45) is 0 Å². The summed E-state index contributed by atoms with van der Waals surface area (Å²) < 4.78 is 20.7. The molecule has 0 aliphatic rings. The van der Waals surface area contributed by atoms with Gasteiger partial charge < -0.3 is 9.72 Å². The summed E-state index contributed by atoms with van der Waals surface area (Å²) in [6.45, 7) is 4.68. The van der Waals surface area contributed by atoms with Gasteiger partial charge in [-0.3, -0.25) is 4.79 Å². The number of ether oxygens (including phenoxy) is 1. The molecule has 4 aromatic rings. The highest BCUT2D eigenvalue weighted by Gasteiger charge is 2.19. The third-order valence-electron chi connectivity index (χ3n) is 5.46. The van der Waals surface area contributed by atoms with Gasteiger partial charge in [0, 0.05) is 17.2 Å². The molecule has 0 amide bonds. The predicted octanol–water partition coefficient (Wildman–Crippen LogP) is 5.30. The van der Waals surface area contributed by atoms with Gasteiger partial charge in [0.25, 0.3) is 5.56 Å². The van der Waals surface area contributed by atoms with Crippen molar-refractivity contribution >= 4 is 0 Å². The molecule has 0 unspecified atom stereocenters. The van der Waals surface area contributed by atoms with Crippen LogP contribution in [0.4, 0.5) is 4.39 Å². The van der Waals surface area contributed by atoms with Crippen LogP contribution in [0.3, 0.4) is 0 Å². The normalized spacial score (nSPS) is 11.0. The van der Waals surface area contributed by atoms with Crippen LogP contribution in [0, 0.1) is 12.7 Å². The summed E-state index contributed by atoms with van der Waals surface area (Å²) >= 11 is 0. The topological polar surface area (TPSA) is 96.6 Å². The van der Waals surface area contributed by atoms with E-state index >= 15 is 4.39 Å². The van der Waals surface area contributed by atoms with E-state index in [9.17, 15) is 4.79 Å². The Labute approximate surface area is 191 Å². The largest absolute Gasteiger partial charge is 0.493 e. The number of aryl methyl sites for hydroxylation is 1. The zero-order chi connectivity index (χ0) is 23.2. The summed E-state index contributed by atoms with van der Waals surface area (Å²) in [7, 11) is 0. The van der Waals surface area contributed by atoms with Gasteiger partial charge in [0.2, 0.25) is 5.82 Å². The van der Waals surface area contributed by atoms with Gasteiger partial charge in [-0.25, -0.2) is 4.39 Å². The van der Waals surface area contributed by atoms with E-state index in [1.54, 1.807) is 18.2 Å². The van der Waals surface area contributed by atoms with E-state index in [1.807, 2.05) is 31.2 Å². The molecule has 0 spiro atoms. The van der Waals surface area contributed by atoms with Crippen LogP contribution in [0.1, 0.15) is 38.2 Å². The molecule has 2 heterocycles. The van der Waals surface area contributed by atoms with Gasteiger partial charge in [-0.15, -0.1) is 10.2 Å². The molecule has 0 radical (unpaired) electrons. The number of halogens is 1. The monoisotopic (exact) mass is 447 g/mol. The Morgan fingerprint density at radius 3 is 2.52 bits per heavy atom. The molecule has 0 atom stereocenters. The summed E-state index contributed by atoms with van der Waals surface area (Å²) in [6, 6.07) is 14.1. The van der Waals surface area contributed by atoms with Gasteiger partial charge in [-0.2, -0.15) is 5.21 Å². The van der Waals surface area contributed by atoms with Crippen molar-refractivity contribution in [1.29, 1.82) is 0 Å². The molecule has 4 rings (SSSR count). The first kappa shape index (κ1) is 22.4. The maximum Gasteiger partial charge on any atom is 0.260 e. The molecule has 170 valence electrons. The molecule has 2 N–H and O–H groups in total. The molecule has 0 aliphatic heterocycles. The van der Waals surface area contributed by atoms with Crippen LogP contribution in [0.25, 0.3) is 33.8 Å². The number of tetrazole rings is 1. The maximum absolute atomic E-state index is 15.0. The van der Waals surface area contributed by atoms with Gasteiger partial charge in [-0.05, 0) is 42.3 Å². The fraction of sp³-hybridized carbons (Fsp3) is 0.280. The quantitative estimate of drug-likeness (QED) is 0.340. The Hall–Kier alpha value is -3.81. The Bertz CT molecular complexity index is 1270. The number of hydrogen-bond donors (Lipinski definition) is 2. The Kier molecular flexibility index (Phi) is 6.92. The molecule has 0 bridgehead atoms. The number of hydrogen-bond acceptors (Lipinski definition) is 5. The fourth-order valence-electron chi connectivity index (χ4n) is 3.68. The summed E-state index contributed by atoms with van der Waals surface area (Å²) in [5.41, 5.74) is 2.93. The van der Waals surface area contributed by atoms with Crippen molar-refractivity contribution < 1.29 is 9.13 Å². The number of pyridine rings is 1. The third-order valence-corrected chi connectivity index (χ3v) is 5.46. The van der Waals surface area contributed by atoms with E-state index in [0.717, 1.165) is 36.8 Å². The fourth-order valence-corrected chi connectivity index (χ4v) is 3.68. The van der Waals surface area contributed by atoms with Crippen LogP contribution in [-0.2, 0) is 0 Å². The van der Waals surface area contributed by atoms with Gasteiger partial charge in [-0.1, -0.05) is 56.0 Å². The van der Waals surface area contributed by atoms with Crippen LogP contribution in [0.15, 0.2) is 53.3 Å². The van der Waals surface area contributed by atoms with Crippen LogP contribution >= 0.6 is 0 Å². The highest BCUT2D eigenvalue weighted by atomic mass is 19.1. The van der Waals surface area contributed by atoms with Crippen molar-refractivity contribution in [2.75, 3.05) is 6.61 Å². The predicted molar refractivity (Wildman–Crippen MR) is 125 cm³/mol. The smallest absolute Gasteiger partial charge is 0.260 e. The van der Waals surface area contributed by atoms with Crippen molar-refractivity contribution in [1.82, 2.24) is 25.6 Å². The number of nitrogens with zero attached hydrogens (tertiary/aromatic N) is 3. The molecular formula is C25H26FN5O2. The second-order valence-electron chi connectivity index (χ2n) is 7.95. The molecule has 0 saturated heterocycles. The number of nitrogens with one attached hydrogen (secondary N) is 2. The molecule has 2 aromatic heterocycles. The number of unbranched alkanes of at least 4 members (excludes halogenated alkanes) is 3. The van der Waals surface area contributed by atoms with E-state index in [-0.39, 0.29) is 17.0 Å². The standard InChI is InChI=1S/C25H26FN5O2/c1-3-4-5-6-13-33-18-11-12-19(21(26)14-18)22-15-20(17-9-7-16(2)8-10-17)23(25(32)27-22)24-28-30-31-29-24/h7-12,14-15H,3-6,13H2,1-2H3,(H,27,32)(H,28,29,30,31). The molecule has 0 fully saturated rings. The number of rotatable bonds is 9. The van der Waals surface area contributed by atoms with Gasteiger partial charge in [0.05, 0.1) is 17.9 Å². The van der Waals surface area contributed by atoms with Gasteiger partial charge >= 0.3 is 0 Å². The lowest BCUT2D eigenvalue weighted by Gasteiger charge is -2.12. The van der Waals surface area contributed by atoms with Crippen LogP contribution in [0.2, 0.25) is 0 Å². The third kappa shape index (κ3) is 5.16. The summed E-state index contributed by atoms with van der Waals surface area (Å²) in [6.07, 6.45) is 4.33. The minimum absolute atomic E-state index is 0.172. The Balaban J connectivity index is 1.70. The Morgan fingerprint density at radius 1 is 1.00 bits per heavy atom. The van der Waals surface area contributed by atoms with Gasteiger partial charge in [0.1, 0.15) is 11.6 Å². The zero-order valence-electron chi connectivity index (χ0n) is 18.7. The van der Waals surface area contributed by atoms with E-state index in [1.165, 1.54) is 6.07 Å².